The van der Waals surface area contributed by atoms with Crippen molar-refractivity contribution in [3.8, 4) is 0 Å². The lowest BCUT2D eigenvalue weighted by molar-refractivity contribution is -0.119. The summed E-state index contributed by atoms with van der Waals surface area (Å²) in [5, 5.41) is 0. The van der Waals surface area contributed by atoms with Gasteiger partial charge in [-0.2, -0.15) is 11.8 Å². The number of carbonyl (C=O) groups is 1. The Hall–Kier alpha value is 0.0200. The third kappa shape index (κ3) is 11.1. The Kier molecular flexibility index (Phi) is 6.46. The molecule has 0 rings (SSSR count). The van der Waals surface area contributed by atoms with E-state index in [-0.39, 0.29) is 10.2 Å². The van der Waals surface area contributed by atoms with Crippen molar-refractivity contribution in [3.05, 3.63) is 0 Å². The van der Waals surface area contributed by atoms with Crippen LogP contribution in [0.5, 0.6) is 0 Å². The Morgan fingerprint density at radius 1 is 0.889 bits per heavy atom. The van der Waals surface area contributed by atoms with Crippen LogP contribution >= 0.6 is 11.8 Å². The molecule has 2 heteroatoms. The van der Waals surface area contributed by atoms with Gasteiger partial charge in [-0.15, -0.1) is 0 Å². The smallest absolute Gasteiger partial charge is 0.134 e. The van der Waals surface area contributed by atoms with Crippen LogP contribution in [-0.2, 0) is 4.79 Å². The molecule has 0 radical (unpaired) electrons. The van der Waals surface area contributed by atoms with Gasteiger partial charge in [0.1, 0.15) is 5.78 Å². The van der Waals surface area contributed by atoms with E-state index in [0.717, 1.165) is 18.6 Å². The van der Waals surface area contributed by atoms with Gasteiger partial charge in [0.25, 0.3) is 0 Å². The molecule has 0 aromatic heterocycles. The molecule has 0 aliphatic rings. The van der Waals surface area contributed by atoms with E-state index in [1.807, 2.05) is 11.8 Å². The van der Waals surface area contributed by atoms with Gasteiger partial charge in [0, 0.05) is 17.6 Å². The number of thioether (sulfide) groups is 1. The zero-order valence-corrected chi connectivity index (χ0v) is 14.5. The van der Waals surface area contributed by atoms with Crippen molar-refractivity contribution >= 4 is 17.5 Å². The highest BCUT2D eigenvalue weighted by Crippen LogP contribution is 2.34. The van der Waals surface area contributed by atoms with E-state index in [4.69, 9.17) is 0 Å². The Morgan fingerprint density at radius 2 is 1.39 bits per heavy atom. The quantitative estimate of drug-likeness (QED) is 0.650. The van der Waals surface area contributed by atoms with Crippen molar-refractivity contribution in [1.29, 1.82) is 0 Å². The number of carbonyl (C=O) groups excluding carboxylic acids is 1. The van der Waals surface area contributed by atoms with E-state index in [1.54, 1.807) is 0 Å². The van der Waals surface area contributed by atoms with Crippen LogP contribution in [0.25, 0.3) is 0 Å². The Balaban J connectivity index is 4.12. The normalized spacial score (nSPS) is 13.8. The van der Waals surface area contributed by atoms with E-state index in [1.165, 1.54) is 0 Å². The molecule has 0 fully saturated rings. The second-order valence-electron chi connectivity index (χ2n) is 8.39. The van der Waals surface area contributed by atoms with Crippen LogP contribution in [0, 0.1) is 10.8 Å². The van der Waals surface area contributed by atoms with Gasteiger partial charge < -0.3 is 0 Å². The largest absolute Gasteiger partial charge is 0.300 e. The average Bonchev–Trinajstić information content (AvgIpc) is 2.09. The van der Waals surface area contributed by atoms with Gasteiger partial charge in [-0.1, -0.05) is 55.4 Å². The van der Waals surface area contributed by atoms with Crippen LogP contribution in [0.3, 0.4) is 0 Å². The average molecular weight is 272 g/mol. The second-order valence-corrected chi connectivity index (χ2v) is 10.1. The zero-order valence-electron chi connectivity index (χ0n) is 13.6. The summed E-state index contributed by atoms with van der Waals surface area (Å²) < 4.78 is 0.0717. The molecule has 0 spiro atoms. The van der Waals surface area contributed by atoms with Crippen LogP contribution in [0.4, 0.5) is 0 Å². The third-order valence-electron chi connectivity index (χ3n) is 2.67. The number of Topliss-reactive ketones (excluding diaryl/α,β-unsaturated/α-hetero) is 1. The van der Waals surface area contributed by atoms with Gasteiger partial charge in [-0.3, -0.25) is 4.79 Å². The fourth-order valence-electron chi connectivity index (χ4n) is 1.54. The van der Waals surface area contributed by atoms with Crippen LogP contribution < -0.4 is 0 Å². The summed E-state index contributed by atoms with van der Waals surface area (Å²) in [5.41, 5.74) is 0.592. The molecular weight excluding hydrogens is 240 g/mol. The van der Waals surface area contributed by atoms with Crippen LogP contribution in [0.1, 0.15) is 74.7 Å². The molecular formula is C16H32OS. The molecule has 0 amide bonds. The van der Waals surface area contributed by atoms with Gasteiger partial charge in [0.15, 0.2) is 0 Å². The van der Waals surface area contributed by atoms with E-state index < -0.39 is 0 Å². The molecule has 0 aromatic rings. The van der Waals surface area contributed by atoms with Crippen LogP contribution in [0.15, 0.2) is 0 Å². The van der Waals surface area contributed by atoms with E-state index in [0.29, 0.717) is 17.6 Å². The molecule has 18 heavy (non-hydrogen) atoms. The van der Waals surface area contributed by atoms with E-state index >= 15 is 0 Å². The summed E-state index contributed by atoms with van der Waals surface area (Å²) >= 11 is 1.93. The minimum absolute atomic E-state index is 0.0717. The second kappa shape index (κ2) is 6.45. The lowest BCUT2D eigenvalue weighted by atomic mass is 9.88. The van der Waals surface area contributed by atoms with E-state index in [9.17, 15) is 4.79 Å². The monoisotopic (exact) mass is 272 g/mol. The first kappa shape index (κ1) is 18.0. The lowest BCUT2D eigenvalue weighted by Gasteiger charge is -2.28. The highest BCUT2D eigenvalue weighted by Gasteiger charge is 2.25. The third-order valence-corrected chi connectivity index (χ3v) is 4.61. The van der Waals surface area contributed by atoms with Crippen molar-refractivity contribution in [2.45, 2.75) is 79.4 Å². The highest BCUT2D eigenvalue weighted by molar-refractivity contribution is 8.00. The molecule has 0 saturated heterocycles. The zero-order chi connectivity index (χ0) is 14.6. The fourth-order valence-corrected chi connectivity index (χ4v) is 2.63. The number of hydrogen-bond acceptors (Lipinski definition) is 2. The minimum Gasteiger partial charge on any atom is -0.300 e. The standard InChI is InChI=1S/C16H32OS/c1-14(2,3)10-9-13(17)11-16(7,8)18-12-15(4,5)6/h9-12H2,1-8H3. The maximum atomic E-state index is 12.0. The summed E-state index contributed by atoms with van der Waals surface area (Å²) in [4.78, 5) is 12.0. The Bertz CT molecular complexity index is 266. The molecule has 0 aromatic carbocycles. The molecule has 1 nitrogen and oxygen atoms in total. The first-order chi connectivity index (χ1) is 7.81. The highest BCUT2D eigenvalue weighted by atomic mass is 32.2. The van der Waals surface area contributed by atoms with Gasteiger partial charge in [0.05, 0.1) is 0 Å². The maximum absolute atomic E-state index is 12.0. The van der Waals surface area contributed by atoms with E-state index in [2.05, 4.69) is 55.4 Å². The Morgan fingerprint density at radius 3 is 1.78 bits per heavy atom. The topological polar surface area (TPSA) is 17.1 Å². The number of hydrogen-bond donors (Lipinski definition) is 0. The minimum atomic E-state index is 0.0717. The molecule has 0 N–H and O–H groups in total. The maximum Gasteiger partial charge on any atom is 0.134 e. The molecule has 0 atom stereocenters. The van der Waals surface area contributed by atoms with Crippen molar-refractivity contribution in [2.75, 3.05) is 5.75 Å². The molecule has 0 heterocycles. The Labute approximate surface area is 118 Å². The van der Waals surface area contributed by atoms with Crippen molar-refractivity contribution in [3.63, 3.8) is 0 Å². The predicted molar refractivity (Wildman–Crippen MR) is 84.3 cm³/mol. The fraction of sp³-hybridized carbons (Fsp3) is 0.938. The summed E-state index contributed by atoms with van der Waals surface area (Å²) in [6.07, 6.45) is 2.42. The van der Waals surface area contributed by atoms with Crippen molar-refractivity contribution in [1.82, 2.24) is 0 Å². The molecule has 0 aliphatic carbocycles. The van der Waals surface area contributed by atoms with Crippen molar-refractivity contribution in [2.24, 2.45) is 10.8 Å². The molecule has 0 aliphatic heterocycles. The summed E-state index contributed by atoms with van der Waals surface area (Å²) in [6, 6.07) is 0. The molecule has 108 valence electrons. The van der Waals surface area contributed by atoms with Crippen LogP contribution in [-0.4, -0.2) is 16.3 Å². The lowest BCUT2D eigenvalue weighted by Crippen LogP contribution is -2.24. The molecule has 0 bridgehead atoms. The number of rotatable bonds is 6. The summed E-state index contributed by atoms with van der Waals surface area (Å²) in [6.45, 7) is 17.7. The van der Waals surface area contributed by atoms with Gasteiger partial charge in [-0.25, -0.2) is 0 Å². The SMILES string of the molecule is CC(C)(C)CCC(=O)CC(C)(C)SCC(C)(C)C. The number of ketones is 1. The summed E-state index contributed by atoms with van der Waals surface area (Å²) in [5.74, 6) is 1.52. The van der Waals surface area contributed by atoms with Gasteiger partial charge in [-0.05, 0) is 23.0 Å². The molecule has 0 unspecified atom stereocenters. The first-order valence-electron chi connectivity index (χ1n) is 6.96. The summed E-state index contributed by atoms with van der Waals surface area (Å²) in [7, 11) is 0. The van der Waals surface area contributed by atoms with Crippen LogP contribution in [0.2, 0.25) is 0 Å². The predicted octanol–water partition coefficient (Wildman–Crippen LogP) is 5.33. The first-order valence-corrected chi connectivity index (χ1v) is 7.95. The van der Waals surface area contributed by atoms with Gasteiger partial charge >= 0.3 is 0 Å². The van der Waals surface area contributed by atoms with Gasteiger partial charge in [0.2, 0.25) is 0 Å². The van der Waals surface area contributed by atoms with Crippen molar-refractivity contribution < 1.29 is 4.79 Å². The molecule has 0 saturated carbocycles.